The number of carbonyl (C=O) groups excluding carboxylic acids is 1. The third kappa shape index (κ3) is 5.14. The zero-order valence-electron chi connectivity index (χ0n) is 15.2. The van der Waals surface area contributed by atoms with Crippen molar-refractivity contribution in [2.24, 2.45) is 5.10 Å². The molecule has 3 rings (SSSR count). The van der Waals surface area contributed by atoms with Gasteiger partial charge in [0.2, 0.25) is 0 Å². The van der Waals surface area contributed by atoms with Gasteiger partial charge in [0.05, 0.1) is 16.2 Å². The Morgan fingerprint density at radius 1 is 0.931 bits per heavy atom. The Bertz CT molecular complexity index is 1070. The third-order valence-electron chi connectivity index (χ3n) is 4.03. The van der Waals surface area contributed by atoms with Crippen LogP contribution >= 0.6 is 0 Å². The fourth-order valence-electron chi connectivity index (χ4n) is 2.56. The number of aromatic hydroxyl groups is 1. The minimum Gasteiger partial charge on any atom is -0.508 e. The number of para-hydroxylation sites is 1. The SMILES string of the molecule is O=C(NN=C(/C=C\c1ccccc1[N+](=O)[O-])c1ccccc1)c1ccc(O)cc1. The van der Waals surface area contributed by atoms with Gasteiger partial charge in [-0.3, -0.25) is 14.9 Å². The average Bonchev–Trinajstić information content (AvgIpc) is 2.75. The van der Waals surface area contributed by atoms with Crippen LogP contribution in [0.5, 0.6) is 5.75 Å². The zero-order chi connectivity index (χ0) is 20.6. The molecule has 3 aromatic rings. The summed E-state index contributed by atoms with van der Waals surface area (Å²) < 4.78 is 0. The molecule has 144 valence electrons. The zero-order valence-corrected chi connectivity index (χ0v) is 15.2. The fourth-order valence-corrected chi connectivity index (χ4v) is 2.56. The number of nitrogens with zero attached hydrogens (tertiary/aromatic N) is 2. The van der Waals surface area contributed by atoms with Crippen LogP contribution in [0.2, 0.25) is 0 Å². The molecular formula is C22H17N3O4. The quantitative estimate of drug-likeness (QED) is 0.377. The molecule has 0 aliphatic carbocycles. The summed E-state index contributed by atoms with van der Waals surface area (Å²) >= 11 is 0. The smallest absolute Gasteiger partial charge is 0.276 e. The van der Waals surface area contributed by atoms with E-state index < -0.39 is 10.8 Å². The molecule has 0 saturated heterocycles. The van der Waals surface area contributed by atoms with Crippen LogP contribution in [0.4, 0.5) is 5.69 Å². The molecule has 0 radical (unpaired) electrons. The van der Waals surface area contributed by atoms with E-state index in [9.17, 15) is 20.0 Å². The van der Waals surface area contributed by atoms with Crippen molar-refractivity contribution >= 4 is 23.4 Å². The molecule has 0 aliphatic heterocycles. The van der Waals surface area contributed by atoms with Gasteiger partial charge in [0.1, 0.15) is 5.75 Å². The van der Waals surface area contributed by atoms with Crippen LogP contribution in [0.25, 0.3) is 6.08 Å². The molecule has 7 nitrogen and oxygen atoms in total. The lowest BCUT2D eigenvalue weighted by molar-refractivity contribution is -0.385. The Labute approximate surface area is 166 Å². The van der Waals surface area contributed by atoms with Gasteiger partial charge >= 0.3 is 0 Å². The molecule has 0 aromatic heterocycles. The molecule has 0 bridgehead atoms. The Morgan fingerprint density at radius 2 is 1.59 bits per heavy atom. The lowest BCUT2D eigenvalue weighted by Gasteiger charge is -2.05. The van der Waals surface area contributed by atoms with Crippen molar-refractivity contribution in [3.05, 3.63) is 112 Å². The monoisotopic (exact) mass is 387 g/mol. The van der Waals surface area contributed by atoms with Crippen molar-refractivity contribution in [1.82, 2.24) is 5.43 Å². The van der Waals surface area contributed by atoms with E-state index in [1.807, 2.05) is 30.3 Å². The number of amides is 1. The molecule has 0 unspecified atom stereocenters. The first-order chi connectivity index (χ1) is 14.0. The van der Waals surface area contributed by atoms with Crippen LogP contribution in [0.3, 0.4) is 0 Å². The Hall–Kier alpha value is -4.26. The highest BCUT2D eigenvalue weighted by Crippen LogP contribution is 2.19. The van der Waals surface area contributed by atoms with E-state index in [1.54, 1.807) is 30.4 Å². The summed E-state index contributed by atoms with van der Waals surface area (Å²) in [4.78, 5) is 23.0. The number of hydrogen-bond acceptors (Lipinski definition) is 5. The van der Waals surface area contributed by atoms with Crippen molar-refractivity contribution in [2.75, 3.05) is 0 Å². The topological polar surface area (TPSA) is 105 Å². The molecule has 0 atom stereocenters. The number of nitrogens with one attached hydrogen (secondary N) is 1. The Morgan fingerprint density at radius 3 is 2.28 bits per heavy atom. The standard InChI is InChI=1S/C22H17N3O4/c26-19-13-10-18(11-14-19)22(27)24-23-20(16-6-2-1-3-7-16)15-12-17-8-4-5-9-21(17)25(28)29/h1-15,26H,(H,24,27)/b15-12-,23-20?. The number of phenolic OH excluding ortho intramolecular Hbond substituents is 1. The van der Waals surface area contributed by atoms with Crippen molar-refractivity contribution < 1.29 is 14.8 Å². The number of allylic oxidation sites excluding steroid dienone is 1. The van der Waals surface area contributed by atoms with Crippen LogP contribution < -0.4 is 5.43 Å². The lowest BCUT2D eigenvalue weighted by Crippen LogP contribution is -2.19. The van der Waals surface area contributed by atoms with Gasteiger partial charge in [-0.15, -0.1) is 0 Å². The van der Waals surface area contributed by atoms with Gasteiger partial charge in [0, 0.05) is 17.2 Å². The summed E-state index contributed by atoms with van der Waals surface area (Å²) in [5.41, 5.74) is 4.36. The molecule has 0 fully saturated rings. The molecule has 1 amide bonds. The van der Waals surface area contributed by atoms with Gasteiger partial charge in [0.15, 0.2) is 0 Å². The number of rotatable bonds is 6. The first-order valence-corrected chi connectivity index (χ1v) is 8.68. The Kier molecular flexibility index (Phi) is 6.12. The number of benzene rings is 3. The second-order valence-corrected chi connectivity index (χ2v) is 6.00. The van der Waals surface area contributed by atoms with E-state index in [4.69, 9.17) is 0 Å². The van der Waals surface area contributed by atoms with E-state index in [0.29, 0.717) is 16.8 Å². The van der Waals surface area contributed by atoms with Crippen molar-refractivity contribution in [3.63, 3.8) is 0 Å². The fraction of sp³-hybridized carbons (Fsp3) is 0. The van der Waals surface area contributed by atoms with Crippen LogP contribution in [0.1, 0.15) is 21.5 Å². The predicted octanol–water partition coefficient (Wildman–Crippen LogP) is 4.15. The molecule has 29 heavy (non-hydrogen) atoms. The summed E-state index contributed by atoms with van der Waals surface area (Å²) in [5, 5.41) is 24.7. The number of hydrogen-bond donors (Lipinski definition) is 2. The van der Waals surface area contributed by atoms with Crippen LogP contribution in [-0.2, 0) is 0 Å². The maximum atomic E-state index is 12.3. The highest BCUT2D eigenvalue weighted by atomic mass is 16.6. The summed E-state index contributed by atoms with van der Waals surface area (Å²) in [6, 6.07) is 21.3. The second-order valence-electron chi connectivity index (χ2n) is 6.00. The Balaban J connectivity index is 1.89. The van der Waals surface area contributed by atoms with E-state index >= 15 is 0 Å². The molecule has 0 heterocycles. The number of nitro benzene ring substituents is 1. The summed E-state index contributed by atoms with van der Waals surface area (Å²) in [6.45, 7) is 0. The highest BCUT2D eigenvalue weighted by molar-refractivity contribution is 6.11. The summed E-state index contributed by atoms with van der Waals surface area (Å²) in [6.07, 6.45) is 3.19. The second kappa shape index (κ2) is 9.09. The van der Waals surface area contributed by atoms with Crippen molar-refractivity contribution in [3.8, 4) is 5.75 Å². The molecular weight excluding hydrogens is 370 g/mol. The normalized spacial score (nSPS) is 11.4. The minimum absolute atomic E-state index is 0.0238. The predicted molar refractivity (Wildman–Crippen MR) is 111 cm³/mol. The maximum absolute atomic E-state index is 12.3. The van der Waals surface area contributed by atoms with Crippen molar-refractivity contribution in [1.29, 1.82) is 0 Å². The van der Waals surface area contributed by atoms with Crippen LogP contribution in [0.15, 0.2) is 90.0 Å². The summed E-state index contributed by atoms with van der Waals surface area (Å²) in [7, 11) is 0. The van der Waals surface area contributed by atoms with E-state index in [2.05, 4.69) is 10.5 Å². The van der Waals surface area contributed by atoms with Gasteiger partial charge in [-0.2, -0.15) is 5.10 Å². The largest absolute Gasteiger partial charge is 0.508 e. The van der Waals surface area contributed by atoms with Crippen LogP contribution in [0, 0.1) is 10.1 Å². The van der Waals surface area contributed by atoms with Crippen LogP contribution in [-0.4, -0.2) is 21.6 Å². The molecule has 7 heteroatoms. The van der Waals surface area contributed by atoms with Crippen molar-refractivity contribution in [2.45, 2.75) is 0 Å². The molecule has 0 spiro atoms. The number of carbonyl (C=O) groups is 1. The molecule has 2 N–H and O–H groups in total. The third-order valence-corrected chi connectivity index (χ3v) is 4.03. The van der Waals surface area contributed by atoms with Gasteiger partial charge in [0.25, 0.3) is 11.6 Å². The van der Waals surface area contributed by atoms with E-state index in [-0.39, 0.29) is 11.4 Å². The number of nitro groups is 1. The van der Waals surface area contributed by atoms with E-state index in [1.165, 1.54) is 30.3 Å². The first-order valence-electron chi connectivity index (χ1n) is 8.68. The van der Waals surface area contributed by atoms with Gasteiger partial charge in [-0.25, -0.2) is 5.43 Å². The lowest BCUT2D eigenvalue weighted by atomic mass is 10.1. The summed E-state index contributed by atoms with van der Waals surface area (Å²) in [5.74, 6) is -0.389. The molecule has 0 aliphatic rings. The van der Waals surface area contributed by atoms with Gasteiger partial charge < -0.3 is 5.11 Å². The van der Waals surface area contributed by atoms with Gasteiger partial charge in [-0.1, -0.05) is 42.5 Å². The average molecular weight is 387 g/mol. The molecule has 3 aromatic carbocycles. The maximum Gasteiger partial charge on any atom is 0.276 e. The highest BCUT2D eigenvalue weighted by Gasteiger charge is 2.10. The number of hydrazone groups is 1. The first kappa shape index (κ1) is 19.5. The minimum atomic E-state index is -0.453. The molecule has 0 saturated carbocycles. The van der Waals surface area contributed by atoms with E-state index in [0.717, 1.165) is 5.56 Å². The number of phenols is 1. The van der Waals surface area contributed by atoms with Gasteiger partial charge in [-0.05, 0) is 42.5 Å².